The van der Waals surface area contributed by atoms with Crippen LogP contribution in [-0.4, -0.2) is 16.8 Å². The van der Waals surface area contributed by atoms with E-state index in [1.165, 1.54) is 12.1 Å². The molecule has 0 aliphatic carbocycles. The molecule has 20 heavy (non-hydrogen) atoms. The average molecular weight is 405 g/mol. The van der Waals surface area contributed by atoms with Crippen molar-refractivity contribution in [3.8, 4) is 0 Å². The maximum atomic E-state index is 13.1. The predicted molar refractivity (Wildman–Crippen MR) is 77.5 cm³/mol. The van der Waals surface area contributed by atoms with E-state index in [0.717, 1.165) is 6.07 Å². The summed E-state index contributed by atoms with van der Waals surface area (Å²) in [5, 5.41) is 0. The summed E-state index contributed by atoms with van der Waals surface area (Å²) < 4.78 is 14.2. The fourth-order valence-electron chi connectivity index (χ4n) is 1.42. The van der Waals surface area contributed by atoms with E-state index in [1.807, 2.05) is 0 Å². The molecule has 0 saturated carbocycles. The highest BCUT2D eigenvalue weighted by molar-refractivity contribution is 9.10. The zero-order valence-electron chi connectivity index (χ0n) is 9.84. The summed E-state index contributed by atoms with van der Waals surface area (Å²) >= 11 is 6.32. The van der Waals surface area contributed by atoms with Gasteiger partial charge >= 0.3 is 0 Å². The fourth-order valence-corrected chi connectivity index (χ4v) is 2.19. The molecule has 0 unspecified atom stereocenters. The molecule has 0 aliphatic heterocycles. The second-order valence-corrected chi connectivity index (χ2v) is 5.53. The molecule has 3 N–H and O–H groups in total. The highest BCUT2D eigenvalue weighted by Crippen LogP contribution is 2.17. The average Bonchev–Trinajstić information content (AvgIpc) is 2.85. The van der Waals surface area contributed by atoms with Crippen LogP contribution < -0.4 is 10.9 Å². The van der Waals surface area contributed by atoms with Crippen molar-refractivity contribution in [3.05, 3.63) is 56.5 Å². The lowest BCUT2D eigenvalue weighted by atomic mass is 10.2. The van der Waals surface area contributed by atoms with Gasteiger partial charge < -0.3 is 4.98 Å². The third-order valence-electron chi connectivity index (χ3n) is 2.36. The Hall–Kier alpha value is -1.67. The summed E-state index contributed by atoms with van der Waals surface area (Å²) in [6.45, 7) is 0. The molecule has 0 fully saturated rings. The number of benzene rings is 1. The van der Waals surface area contributed by atoms with Crippen LogP contribution in [0.4, 0.5) is 4.39 Å². The number of halogens is 3. The number of hydrogen-bond acceptors (Lipinski definition) is 2. The molecule has 1 aromatic heterocycles. The minimum Gasteiger partial charge on any atom is -0.356 e. The van der Waals surface area contributed by atoms with Crippen LogP contribution in [0, 0.1) is 5.82 Å². The first-order chi connectivity index (χ1) is 9.47. The third-order valence-corrected chi connectivity index (χ3v) is 3.50. The Morgan fingerprint density at radius 2 is 1.80 bits per heavy atom. The number of carbonyl (C=O) groups excluding carboxylic acids is 2. The van der Waals surface area contributed by atoms with E-state index < -0.39 is 17.6 Å². The first-order valence-electron chi connectivity index (χ1n) is 5.37. The van der Waals surface area contributed by atoms with Gasteiger partial charge in [-0.15, -0.1) is 0 Å². The monoisotopic (exact) mass is 403 g/mol. The quantitative estimate of drug-likeness (QED) is 0.673. The van der Waals surface area contributed by atoms with Crippen molar-refractivity contribution >= 4 is 43.7 Å². The Morgan fingerprint density at radius 3 is 2.45 bits per heavy atom. The molecule has 1 aromatic carbocycles. The number of aromatic nitrogens is 1. The van der Waals surface area contributed by atoms with Crippen LogP contribution in [-0.2, 0) is 0 Å². The topological polar surface area (TPSA) is 74.0 Å². The van der Waals surface area contributed by atoms with Gasteiger partial charge in [-0.1, -0.05) is 0 Å². The molecule has 0 radical (unpaired) electrons. The molecule has 2 aromatic rings. The zero-order valence-corrected chi connectivity index (χ0v) is 13.0. The number of nitrogens with one attached hydrogen (secondary N) is 3. The fraction of sp³-hybridized carbons (Fsp3) is 0. The van der Waals surface area contributed by atoms with Crippen LogP contribution in [0.15, 0.2) is 39.4 Å². The Labute approximate surface area is 130 Å². The first-order valence-corrected chi connectivity index (χ1v) is 6.95. The highest BCUT2D eigenvalue weighted by Gasteiger charge is 2.13. The van der Waals surface area contributed by atoms with Gasteiger partial charge in [-0.05, 0) is 56.1 Å². The van der Waals surface area contributed by atoms with Crippen molar-refractivity contribution in [1.29, 1.82) is 0 Å². The molecular weight excluding hydrogens is 397 g/mol. The van der Waals surface area contributed by atoms with E-state index >= 15 is 0 Å². The molecule has 0 bridgehead atoms. The Kier molecular flexibility index (Phi) is 4.56. The van der Waals surface area contributed by atoms with Gasteiger partial charge in [0.2, 0.25) is 0 Å². The van der Waals surface area contributed by atoms with E-state index in [4.69, 9.17) is 0 Å². The predicted octanol–water partition coefficient (Wildman–Crippen LogP) is 2.75. The van der Waals surface area contributed by atoms with Gasteiger partial charge in [0.05, 0.1) is 5.56 Å². The molecule has 0 atom stereocenters. The number of carbonyl (C=O) groups is 2. The SMILES string of the molecule is O=C(NNC(=O)c1cc(F)ccc1Br)c1cc(Br)c[nH]1. The summed E-state index contributed by atoms with van der Waals surface area (Å²) in [5.74, 6) is -1.69. The number of hydrogen-bond donors (Lipinski definition) is 3. The standard InChI is InChI=1S/C12H8Br2FN3O2/c13-6-3-10(16-5-6)12(20)18-17-11(19)8-4-7(15)1-2-9(8)14/h1-5,16H,(H,17,19)(H,18,20). The van der Waals surface area contributed by atoms with Crippen molar-refractivity contribution in [2.45, 2.75) is 0 Å². The van der Waals surface area contributed by atoms with Crippen molar-refractivity contribution in [1.82, 2.24) is 15.8 Å². The number of H-pyrrole nitrogens is 1. The molecule has 2 amide bonds. The Morgan fingerprint density at radius 1 is 1.10 bits per heavy atom. The lowest BCUT2D eigenvalue weighted by molar-refractivity contribution is 0.0843. The normalized spacial score (nSPS) is 10.2. The van der Waals surface area contributed by atoms with E-state index in [0.29, 0.717) is 8.95 Å². The largest absolute Gasteiger partial charge is 0.356 e. The minimum atomic E-state index is -0.629. The third kappa shape index (κ3) is 3.45. The summed E-state index contributed by atoms with van der Waals surface area (Å²) in [5.41, 5.74) is 4.78. The van der Waals surface area contributed by atoms with Crippen LogP contribution >= 0.6 is 31.9 Å². The van der Waals surface area contributed by atoms with Crippen LogP contribution in [0.5, 0.6) is 0 Å². The second-order valence-electron chi connectivity index (χ2n) is 3.76. The summed E-state index contributed by atoms with van der Waals surface area (Å²) in [7, 11) is 0. The molecule has 0 aliphatic rings. The smallest absolute Gasteiger partial charge is 0.286 e. The van der Waals surface area contributed by atoms with Gasteiger partial charge in [0.15, 0.2) is 0 Å². The first kappa shape index (κ1) is 14.7. The number of amides is 2. The molecule has 104 valence electrons. The van der Waals surface area contributed by atoms with Gasteiger partial charge in [0.25, 0.3) is 11.8 Å². The number of hydrazine groups is 1. The van der Waals surface area contributed by atoms with Crippen molar-refractivity contribution < 1.29 is 14.0 Å². The van der Waals surface area contributed by atoms with Crippen molar-refractivity contribution in [2.75, 3.05) is 0 Å². The maximum absolute atomic E-state index is 13.1. The highest BCUT2D eigenvalue weighted by atomic mass is 79.9. The molecule has 8 heteroatoms. The lowest BCUT2D eigenvalue weighted by Gasteiger charge is -2.07. The van der Waals surface area contributed by atoms with Crippen LogP contribution in [0.1, 0.15) is 20.8 Å². The molecular formula is C12H8Br2FN3O2. The van der Waals surface area contributed by atoms with Gasteiger partial charge in [-0.3, -0.25) is 20.4 Å². The summed E-state index contributed by atoms with van der Waals surface area (Å²) in [6, 6.07) is 5.25. The van der Waals surface area contributed by atoms with E-state index in [1.54, 1.807) is 12.3 Å². The number of rotatable bonds is 2. The second kappa shape index (κ2) is 6.19. The van der Waals surface area contributed by atoms with Crippen LogP contribution in [0.2, 0.25) is 0 Å². The van der Waals surface area contributed by atoms with Crippen molar-refractivity contribution in [2.24, 2.45) is 0 Å². The van der Waals surface area contributed by atoms with Gasteiger partial charge in [-0.2, -0.15) is 0 Å². The molecule has 1 heterocycles. The minimum absolute atomic E-state index is 0.0815. The van der Waals surface area contributed by atoms with E-state index in [-0.39, 0.29) is 11.3 Å². The van der Waals surface area contributed by atoms with Crippen LogP contribution in [0.3, 0.4) is 0 Å². The zero-order chi connectivity index (χ0) is 14.7. The van der Waals surface area contributed by atoms with Gasteiger partial charge in [0.1, 0.15) is 11.5 Å². The number of aromatic amines is 1. The molecule has 2 rings (SSSR count). The molecule has 5 nitrogen and oxygen atoms in total. The Balaban J connectivity index is 2.02. The van der Waals surface area contributed by atoms with Crippen LogP contribution in [0.25, 0.3) is 0 Å². The van der Waals surface area contributed by atoms with Gasteiger partial charge in [0, 0.05) is 15.1 Å². The van der Waals surface area contributed by atoms with Crippen molar-refractivity contribution in [3.63, 3.8) is 0 Å². The van der Waals surface area contributed by atoms with Gasteiger partial charge in [-0.25, -0.2) is 4.39 Å². The molecule has 0 saturated heterocycles. The van der Waals surface area contributed by atoms with E-state index in [9.17, 15) is 14.0 Å². The van der Waals surface area contributed by atoms with E-state index in [2.05, 4.69) is 47.7 Å². The Bertz CT molecular complexity index is 672. The molecule has 0 spiro atoms. The summed E-state index contributed by atoms with van der Waals surface area (Å²) in [6.07, 6.45) is 1.58. The lowest BCUT2D eigenvalue weighted by Crippen LogP contribution is -2.41. The maximum Gasteiger partial charge on any atom is 0.286 e. The summed E-state index contributed by atoms with van der Waals surface area (Å²) in [4.78, 5) is 26.2.